The first-order valence-corrected chi connectivity index (χ1v) is 10.1. The number of pyridine rings is 1. The third kappa shape index (κ3) is 3.34. The van der Waals surface area contributed by atoms with Gasteiger partial charge in [-0.25, -0.2) is 4.98 Å². The van der Waals surface area contributed by atoms with Crippen molar-refractivity contribution in [3.8, 4) is 11.4 Å². The highest BCUT2D eigenvalue weighted by atomic mass is 16.5. The summed E-state index contributed by atoms with van der Waals surface area (Å²) >= 11 is 0. The minimum absolute atomic E-state index is 0.0346. The number of piperidine rings is 1. The molecule has 0 bridgehead atoms. The van der Waals surface area contributed by atoms with E-state index >= 15 is 0 Å². The Morgan fingerprint density at radius 1 is 1.23 bits per heavy atom. The highest BCUT2D eigenvalue weighted by molar-refractivity contribution is 5.83. The number of hydrogen-bond donors (Lipinski definition) is 0. The number of amides is 1. The Bertz CT molecular complexity index is 1170. The molecule has 0 unspecified atom stereocenters. The number of benzene rings is 1. The van der Waals surface area contributed by atoms with Crippen molar-refractivity contribution in [3.05, 3.63) is 61.0 Å². The van der Waals surface area contributed by atoms with Gasteiger partial charge in [0.05, 0.1) is 23.3 Å². The van der Waals surface area contributed by atoms with Crippen LogP contribution in [0.15, 0.2) is 59.6 Å². The molecule has 152 valence electrons. The summed E-state index contributed by atoms with van der Waals surface area (Å²) in [6, 6.07) is 11.3. The lowest BCUT2D eigenvalue weighted by molar-refractivity contribution is -0.135. The third-order valence-electron chi connectivity index (χ3n) is 5.70. The van der Waals surface area contributed by atoms with E-state index in [0.29, 0.717) is 18.3 Å². The van der Waals surface area contributed by atoms with Gasteiger partial charge in [-0.1, -0.05) is 17.3 Å². The number of imidazole rings is 1. The number of para-hydroxylation sites is 2. The first-order valence-electron chi connectivity index (χ1n) is 10.1. The molecule has 8 nitrogen and oxygen atoms in total. The Balaban J connectivity index is 1.33. The molecule has 4 aromatic rings. The molecular weight excluding hydrogens is 380 g/mol. The summed E-state index contributed by atoms with van der Waals surface area (Å²) in [4.78, 5) is 28.2. The summed E-state index contributed by atoms with van der Waals surface area (Å²) < 4.78 is 7.47. The van der Waals surface area contributed by atoms with E-state index in [9.17, 15) is 4.79 Å². The van der Waals surface area contributed by atoms with Gasteiger partial charge in [-0.15, -0.1) is 0 Å². The number of hydrogen-bond acceptors (Lipinski definition) is 6. The van der Waals surface area contributed by atoms with Crippen molar-refractivity contribution >= 4 is 16.9 Å². The number of nitrogens with zero attached hydrogens (tertiary/aromatic N) is 6. The lowest BCUT2D eigenvalue weighted by Crippen LogP contribution is -2.42. The maximum atomic E-state index is 13.2. The molecule has 0 saturated carbocycles. The molecule has 1 aliphatic rings. The highest BCUT2D eigenvalue weighted by Gasteiger charge is 2.31. The molecule has 0 spiro atoms. The Morgan fingerprint density at radius 2 is 2.13 bits per heavy atom. The molecule has 0 radical (unpaired) electrons. The zero-order valence-electron chi connectivity index (χ0n) is 16.7. The van der Waals surface area contributed by atoms with Crippen molar-refractivity contribution in [3.63, 3.8) is 0 Å². The first-order chi connectivity index (χ1) is 14.7. The summed E-state index contributed by atoms with van der Waals surface area (Å²) in [5.74, 6) is 1.22. The van der Waals surface area contributed by atoms with Gasteiger partial charge in [0.15, 0.2) is 0 Å². The second-order valence-corrected chi connectivity index (χ2v) is 7.64. The lowest BCUT2D eigenvalue weighted by Gasteiger charge is -2.33. The van der Waals surface area contributed by atoms with Crippen LogP contribution in [0.5, 0.6) is 0 Å². The third-order valence-corrected chi connectivity index (χ3v) is 5.70. The van der Waals surface area contributed by atoms with Gasteiger partial charge in [-0.05, 0) is 44.0 Å². The van der Waals surface area contributed by atoms with Gasteiger partial charge in [-0.3, -0.25) is 9.78 Å². The average Bonchev–Trinajstić information content (AvgIpc) is 3.46. The van der Waals surface area contributed by atoms with Crippen molar-refractivity contribution in [2.75, 3.05) is 13.1 Å². The molecule has 0 aliphatic carbocycles. The van der Waals surface area contributed by atoms with Gasteiger partial charge in [0.25, 0.3) is 0 Å². The lowest BCUT2D eigenvalue weighted by atomic mass is 9.97. The van der Waals surface area contributed by atoms with Crippen LogP contribution in [0.1, 0.15) is 37.6 Å². The zero-order valence-corrected chi connectivity index (χ0v) is 16.7. The molecule has 1 amide bonds. The Hall–Kier alpha value is -3.55. The highest BCUT2D eigenvalue weighted by Crippen LogP contribution is 2.29. The van der Waals surface area contributed by atoms with E-state index in [4.69, 9.17) is 4.52 Å². The van der Waals surface area contributed by atoms with E-state index < -0.39 is 0 Å². The predicted molar refractivity (Wildman–Crippen MR) is 111 cm³/mol. The molecule has 8 heteroatoms. The van der Waals surface area contributed by atoms with Crippen molar-refractivity contribution in [1.82, 2.24) is 29.6 Å². The number of carbonyl (C=O) groups excluding carboxylic acids is 1. The van der Waals surface area contributed by atoms with Gasteiger partial charge < -0.3 is 14.0 Å². The minimum atomic E-state index is -0.329. The van der Waals surface area contributed by atoms with Gasteiger partial charge in [-0.2, -0.15) is 4.98 Å². The van der Waals surface area contributed by atoms with Crippen LogP contribution in [0.3, 0.4) is 0 Å². The molecule has 1 aromatic carbocycles. The maximum absolute atomic E-state index is 13.2. The quantitative estimate of drug-likeness (QED) is 0.519. The molecule has 5 rings (SSSR count). The van der Waals surface area contributed by atoms with Crippen molar-refractivity contribution < 1.29 is 9.32 Å². The fourth-order valence-electron chi connectivity index (χ4n) is 4.06. The smallest absolute Gasteiger partial charge is 0.245 e. The maximum Gasteiger partial charge on any atom is 0.245 e. The molecule has 3 aromatic heterocycles. The average molecular weight is 402 g/mol. The summed E-state index contributed by atoms with van der Waals surface area (Å²) in [6.07, 6.45) is 6.98. The van der Waals surface area contributed by atoms with Gasteiger partial charge in [0.2, 0.25) is 17.6 Å². The van der Waals surface area contributed by atoms with E-state index in [1.807, 2.05) is 52.8 Å². The van der Waals surface area contributed by atoms with E-state index in [1.165, 1.54) is 0 Å². The SMILES string of the molecule is C[C@H](C(=O)N1CCC[C@@H](c2nc(-c3cccnc3)no2)C1)n1cnc2ccccc21. The topological polar surface area (TPSA) is 89.9 Å². The van der Waals surface area contributed by atoms with Crippen LogP contribution < -0.4 is 0 Å². The van der Waals surface area contributed by atoms with E-state index in [2.05, 4.69) is 20.1 Å². The normalized spacial score (nSPS) is 17.9. The van der Waals surface area contributed by atoms with Gasteiger partial charge >= 0.3 is 0 Å². The minimum Gasteiger partial charge on any atom is -0.340 e. The summed E-state index contributed by atoms with van der Waals surface area (Å²) in [5, 5.41) is 4.10. The van der Waals surface area contributed by atoms with Crippen LogP contribution in [-0.4, -0.2) is 48.6 Å². The number of likely N-dealkylation sites (tertiary alicyclic amines) is 1. The van der Waals surface area contributed by atoms with Crippen LogP contribution in [0.25, 0.3) is 22.4 Å². The molecule has 1 saturated heterocycles. The van der Waals surface area contributed by atoms with E-state index in [-0.39, 0.29) is 17.9 Å². The monoisotopic (exact) mass is 402 g/mol. The van der Waals surface area contributed by atoms with Crippen molar-refractivity contribution in [2.24, 2.45) is 0 Å². The molecule has 0 N–H and O–H groups in total. The van der Waals surface area contributed by atoms with Crippen LogP contribution in [0.4, 0.5) is 0 Å². The predicted octanol–water partition coefficient (Wildman–Crippen LogP) is 3.45. The summed E-state index contributed by atoms with van der Waals surface area (Å²) in [5.41, 5.74) is 2.67. The fourth-order valence-corrected chi connectivity index (χ4v) is 4.06. The second-order valence-electron chi connectivity index (χ2n) is 7.64. The molecule has 2 atom stereocenters. The largest absolute Gasteiger partial charge is 0.340 e. The number of aromatic nitrogens is 5. The van der Waals surface area contributed by atoms with Crippen LogP contribution in [0.2, 0.25) is 0 Å². The molecule has 1 aliphatic heterocycles. The number of rotatable bonds is 4. The molecule has 30 heavy (non-hydrogen) atoms. The Labute approximate surface area is 173 Å². The number of fused-ring (bicyclic) bond motifs is 1. The molecule has 4 heterocycles. The van der Waals surface area contributed by atoms with Gasteiger partial charge in [0, 0.05) is 31.0 Å². The summed E-state index contributed by atoms with van der Waals surface area (Å²) in [6.45, 7) is 3.23. The van der Waals surface area contributed by atoms with Crippen LogP contribution in [0, 0.1) is 0 Å². The Morgan fingerprint density at radius 3 is 3.00 bits per heavy atom. The Kier molecular flexibility index (Phi) is 4.74. The fraction of sp³-hybridized carbons (Fsp3) is 0.318. The van der Waals surface area contributed by atoms with Crippen molar-refractivity contribution in [1.29, 1.82) is 0 Å². The molecular formula is C22H22N6O2. The van der Waals surface area contributed by atoms with Crippen LogP contribution in [-0.2, 0) is 4.79 Å². The number of carbonyl (C=O) groups is 1. The van der Waals surface area contributed by atoms with Crippen LogP contribution >= 0.6 is 0 Å². The molecule has 1 fully saturated rings. The van der Waals surface area contributed by atoms with E-state index in [1.54, 1.807) is 18.7 Å². The zero-order chi connectivity index (χ0) is 20.5. The second kappa shape index (κ2) is 7.70. The standard InChI is InChI=1S/C22H22N6O2/c1-15(28-14-24-18-8-2-3-9-19(18)28)22(29)27-11-5-7-17(13-27)21-25-20(26-30-21)16-6-4-10-23-12-16/h2-4,6,8-10,12,14-15,17H,5,7,11,13H2,1H3/t15-,17-/m1/s1. The van der Waals surface area contributed by atoms with E-state index in [0.717, 1.165) is 36.0 Å². The van der Waals surface area contributed by atoms with Crippen molar-refractivity contribution in [2.45, 2.75) is 31.7 Å². The van der Waals surface area contributed by atoms with Gasteiger partial charge in [0.1, 0.15) is 6.04 Å². The summed E-state index contributed by atoms with van der Waals surface area (Å²) in [7, 11) is 0. The first kappa shape index (κ1) is 18.5.